The van der Waals surface area contributed by atoms with E-state index in [1.165, 1.54) is 123 Å². The zero-order valence-corrected chi connectivity index (χ0v) is 55.7. The van der Waals surface area contributed by atoms with Gasteiger partial charge in [0.1, 0.15) is 56.5 Å². The summed E-state index contributed by atoms with van der Waals surface area (Å²) in [7, 11) is -10.9. The van der Waals surface area contributed by atoms with E-state index in [0.29, 0.717) is 45.8 Å². The number of piperidine rings is 3. The number of carboxylic acid groups (broad SMARTS) is 1. The number of ketones is 1. The molecular formula is C68H65F9N4O16S3. The standard InChI is InChI=1S/C23H23F3N2O5S.C23H22F3NO5S.C22H20F3NO6S/c1-3-14-28-15-12-22(13-16-28,21(29)27-2)34(30,31)20-10-8-18(9-11-20)32-17-4-6-19(7-5-17)33-23(24,25)26;1-3-14-27-15-12-22(13-16-27,17(2)28)33(29,30)21-10-8-19(9-11-21)31-18-4-6-20(7-5-18)32-23(24,25)26;1-2-13-26-14-11-21(12-15-26,20(27)28)33(29,30)19-9-7-17(8-10-19)31-16-3-5-18(6-4-16)32-22(23,24)25/h1,4-11H,12-16H2,2H3,(H,27,29);1,4-11H,12-16H2,2H3;1,3-10H,11-15H2,(H,27,28). The highest BCUT2D eigenvalue weighted by Crippen LogP contribution is 2.41. The fraction of sp³-hybridized carbons (Fsp3) is 0.338. The predicted octanol–water partition coefficient (Wildman–Crippen LogP) is 11.3. The van der Waals surface area contributed by atoms with Gasteiger partial charge in [0.05, 0.1) is 34.3 Å². The number of likely N-dealkylation sites (tertiary alicyclic amines) is 3. The van der Waals surface area contributed by atoms with Crippen molar-refractivity contribution < 1.29 is 113 Å². The van der Waals surface area contributed by atoms with Crippen LogP contribution in [0, 0.1) is 37.0 Å². The fourth-order valence-corrected chi connectivity index (χ4v) is 17.1. The molecule has 0 spiro atoms. The van der Waals surface area contributed by atoms with Crippen LogP contribution in [0.1, 0.15) is 45.4 Å². The summed E-state index contributed by atoms with van der Waals surface area (Å²) in [4.78, 5) is 42.7. The number of carbonyl (C=O) groups is 3. The van der Waals surface area contributed by atoms with Crippen LogP contribution in [-0.4, -0.2) is 162 Å². The molecular weight excluding hydrogens is 1400 g/mol. The first-order valence-electron chi connectivity index (χ1n) is 30.0. The van der Waals surface area contributed by atoms with E-state index in [0.717, 1.165) is 36.4 Å². The molecule has 0 saturated carbocycles. The number of hydrogen-bond donors (Lipinski definition) is 2. The predicted molar refractivity (Wildman–Crippen MR) is 345 cm³/mol. The van der Waals surface area contributed by atoms with Gasteiger partial charge in [0.2, 0.25) is 5.91 Å². The van der Waals surface area contributed by atoms with E-state index in [9.17, 15) is 84.3 Å². The second kappa shape index (κ2) is 32.2. The molecule has 534 valence electrons. The van der Waals surface area contributed by atoms with Crippen molar-refractivity contribution >= 4 is 47.2 Å². The average Bonchev–Trinajstić information content (AvgIpc) is 0.762. The Balaban J connectivity index is 0.000000211. The van der Waals surface area contributed by atoms with Crippen LogP contribution in [0.15, 0.2) is 160 Å². The fourth-order valence-electron chi connectivity index (χ4n) is 11.1. The van der Waals surface area contributed by atoms with Gasteiger partial charge in [-0.05, 0) is 191 Å². The van der Waals surface area contributed by atoms with Gasteiger partial charge in [-0.15, -0.1) is 58.8 Å². The van der Waals surface area contributed by atoms with E-state index in [-0.39, 0.29) is 107 Å². The molecule has 0 bridgehead atoms. The van der Waals surface area contributed by atoms with E-state index in [1.54, 1.807) is 0 Å². The van der Waals surface area contributed by atoms with Crippen molar-refractivity contribution in [3.05, 3.63) is 146 Å². The topological polar surface area (TPSA) is 251 Å². The Bertz CT molecular complexity index is 4110. The molecule has 3 fully saturated rings. The van der Waals surface area contributed by atoms with Crippen molar-refractivity contribution in [3.63, 3.8) is 0 Å². The highest BCUT2D eigenvalue weighted by molar-refractivity contribution is 7.94. The molecule has 6 aromatic carbocycles. The number of terminal acetylenes is 3. The maximum absolute atomic E-state index is 13.5. The Labute approximate surface area is 571 Å². The van der Waals surface area contributed by atoms with Crippen LogP contribution in [0.5, 0.6) is 51.7 Å². The zero-order chi connectivity index (χ0) is 73.5. The van der Waals surface area contributed by atoms with Crippen molar-refractivity contribution in [2.24, 2.45) is 0 Å². The van der Waals surface area contributed by atoms with Crippen LogP contribution in [0.3, 0.4) is 0 Å². The van der Waals surface area contributed by atoms with Crippen LogP contribution in [0.2, 0.25) is 0 Å². The normalized spacial score (nSPS) is 16.5. The van der Waals surface area contributed by atoms with Crippen LogP contribution in [0.4, 0.5) is 39.5 Å². The molecule has 32 heteroatoms. The highest BCUT2D eigenvalue weighted by Gasteiger charge is 2.55. The lowest BCUT2D eigenvalue weighted by atomic mass is 9.92. The third-order valence-corrected chi connectivity index (χ3v) is 24.1. The molecule has 20 nitrogen and oxygen atoms in total. The molecule has 3 aliphatic heterocycles. The molecule has 9 rings (SSSR count). The summed E-state index contributed by atoms with van der Waals surface area (Å²) in [5, 5.41) is 12.3. The number of halogens is 9. The Morgan fingerprint density at radius 1 is 0.410 bits per heavy atom. The number of rotatable bonds is 21. The lowest BCUT2D eigenvalue weighted by molar-refractivity contribution is -0.275. The molecule has 3 heterocycles. The minimum Gasteiger partial charge on any atom is -0.480 e. The number of Topliss-reactive ketones (excluding diaryl/α,β-unsaturated/α-hetero) is 1. The molecule has 1 amide bonds. The minimum absolute atomic E-state index is 0.00984. The van der Waals surface area contributed by atoms with Gasteiger partial charge in [-0.3, -0.25) is 29.1 Å². The number of ether oxygens (including phenoxy) is 6. The summed E-state index contributed by atoms with van der Waals surface area (Å²) in [6, 6.07) is 30.5. The Hall–Kier alpha value is -9.49. The van der Waals surface area contributed by atoms with Gasteiger partial charge in [-0.25, -0.2) is 25.3 Å². The SMILES string of the molecule is C#CCN1CCC(C(=O)NC)(S(=O)(=O)c2ccc(Oc3ccc(OC(F)(F)F)cc3)cc2)CC1.C#CCN1CCC(C(=O)O)(S(=O)(=O)c2ccc(Oc3ccc(OC(F)(F)F)cc3)cc2)CC1.C#CCN1CCC(C(C)=O)(S(=O)(=O)c2ccc(Oc3ccc(OC(F)(F)F)cc3)cc2)CC1. The molecule has 0 aliphatic carbocycles. The summed E-state index contributed by atoms with van der Waals surface area (Å²) < 4.78 is 214. The quantitative estimate of drug-likeness (QED) is 0.0502. The lowest BCUT2D eigenvalue weighted by Crippen LogP contribution is -2.57. The van der Waals surface area contributed by atoms with Crippen LogP contribution >= 0.6 is 0 Å². The number of sulfone groups is 3. The second-order valence-electron chi connectivity index (χ2n) is 22.7. The number of alkyl halides is 9. The first-order valence-corrected chi connectivity index (χ1v) is 34.5. The first kappa shape index (κ1) is 77.9. The third kappa shape index (κ3) is 19.3. The highest BCUT2D eigenvalue weighted by atomic mass is 32.2. The molecule has 100 heavy (non-hydrogen) atoms. The van der Waals surface area contributed by atoms with Crippen LogP contribution in [0.25, 0.3) is 0 Å². The number of hydrogen-bond acceptors (Lipinski definition) is 18. The number of amides is 1. The number of benzene rings is 6. The van der Waals surface area contributed by atoms with E-state index < -0.39 is 92.0 Å². The van der Waals surface area contributed by atoms with Crippen molar-refractivity contribution in [1.82, 2.24) is 20.0 Å². The summed E-state index contributed by atoms with van der Waals surface area (Å²) in [6.45, 7) is 4.39. The Kier molecular flexibility index (Phi) is 25.1. The van der Waals surface area contributed by atoms with Gasteiger partial charge in [0.25, 0.3) is 0 Å². The third-order valence-electron chi connectivity index (χ3n) is 16.4. The van der Waals surface area contributed by atoms with Crippen molar-refractivity contribution in [2.45, 2.75) is 93.5 Å². The number of nitrogens with one attached hydrogen (secondary N) is 1. The number of carbonyl (C=O) groups excluding carboxylic acids is 2. The summed E-state index contributed by atoms with van der Waals surface area (Å²) in [5.41, 5.74) is 0. The Morgan fingerprint density at radius 2 is 0.620 bits per heavy atom. The number of carboxylic acids is 1. The molecule has 3 aliphatic rings. The molecule has 6 aromatic rings. The number of nitrogens with zero attached hydrogens (tertiary/aromatic N) is 3. The van der Waals surface area contributed by atoms with E-state index in [4.69, 9.17) is 33.5 Å². The van der Waals surface area contributed by atoms with Gasteiger partial charge in [-0.2, -0.15) is 0 Å². The number of aliphatic carboxylic acids is 1. The lowest BCUT2D eigenvalue weighted by Gasteiger charge is -2.39. The molecule has 0 radical (unpaired) electrons. The zero-order valence-electron chi connectivity index (χ0n) is 53.2. The van der Waals surface area contributed by atoms with Crippen molar-refractivity contribution in [3.8, 4) is 88.8 Å². The van der Waals surface area contributed by atoms with Crippen LogP contribution < -0.4 is 33.7 Å². The van der Waals surface area contributed by atoms with E-state index in [1.807, 2.05) is 14.7 Å². The molecule has 0 atom stereocenters. The first-order chi connectivity index (χ1) is 46.9. The second-order valence-corrected chi connectivity index (χ2v) is 29.4. The average molecular weight is 1460 g/mol. The van der Waals surface area contributed by atoms with Crippen LogP contribution in [-0.2, 0) is 43.9 Å². The summed E-state index contributed by atoms with van der Waals surface area (Å²) >= 11 is 0. The molecule has 0 unspecified atom stereocenters. The summed E-state index contributed by atoms with van der Waals surface area (Å²) in [6.07, 6.45) is 1.83. The van der Waals surface area contributed by atoms with E-state index in [2.05, 4.69) is 37.3 Å². The summed E-state index contributed by atoms with van der Waals surface area (Å²) in [5.74, 6) is 5.33. The minimum atomic E-state index is -4.81. The van der Waals surface area contributed by atoms with Crippen molar-refractivity contribution in [1.29, 1.82) is 0 Å². The Morgan fingerprint density at radius 3 is 0.840 bits per heavy atom. The molecule has 2 N–H and O–H groups in total. The maximum atomic E-state index is 13.5. The van der Waals surface area contributed by atoms with Crippen molar-refractivity contribution in [2.75, 3.05) is 66.0 Å². The molecule has 0 aromatic heterocycles. The van der Waals surface area contributed by atoms with Gasteiger partial charge >= 0.3 is 25.1 Å². The maximum Gasteiger partial charge on any atom is 0.573 e. The smallest absolute Gasteiger partial charge is 0.480 e. The van der Waals surface area contributed by atoms with E-state index >= 15 is 0 Å². The molecule has 3 saturated heterocycles. The van der Waals surface area contributed by atoms with Gasteiger partial charge < -0.3 is 38.8 Å². The van der Waals surface area contributed by atoms with Gasteiger partial charge in [0.15, 0.2) is 44.8 Å². The monoisotopic (exact) mass is 1460 g/mol. The largest absolute Gasteiger partial charge is 0.573 e. The van der Waals surface area contributed by atoms with Gasteiger partial charge in [0, 0.05) is 46.3 Å². The van der Waals surface area contributed by atoms with Gasteiger partial charge in [-0.1, -0.05) is 17.8 Å².